The molecule has 160 valence electrons. The molecule has 0 radical (unpaired) electrons. The Balaban J connectivity index is 0.00000256. The highest BCUT2D eigenvalue weighted by Gasteiger charge is 2.27. The van der Waals surface area contributed by atoms with Crippen molar-refractivity contribution in [2.75, 3.05) is 29.9 Å². The van der Waals surface area contributed by atoms with Crippen LogP contribution in [0, 0.1) is 5.92 Å². The first-order chi connectivity index (χ1) is 14.0. The number of aromatic amines is 1. The number of H-pyrrole nitrogens is 1. The maximum absolute atomic E-state index is 12.7. The van der Waals surface area contributed by atoms with Gasteiger partial charge >= 0.3 is 0 Å². The SMILES string of the molecule is CC(C)NCC1CCN(c2c(Br)cnc3[nH]cc(NC(=O)c4cccnc4)c23)C1.Cl. The molecule has 1 saturated heterocycles. The largest absolute Gasteiger partial charge is 0.370 e. The van der Waals surface area contributed by atoms with Gasteiger partial charge in [0.05, 0.1) is 26.8 Å². The van der Waals surface area contributed by atoms with Crippen LogP contribution in [0.2, 0.25) is 0 Å². The van der Waals surface area contributed by atoms with Crippen molar-refractivity contribution in [3.63, 3.8) is 0 Å². The molecule has 0 spiro atoms. The molecule has 1 unspecified atom stereocenters. The molecule has 4 heterocycles. The Labute approximate surface area is 190 Å². The number of anilines is 2. The van der Waals surface area contributed by atoms with E-state index in [1.165, 1.54) is 0 Å². The summed E-state index contributed by atoms with van der Waals surface area (Å²) in [5, 5.41) is 7.48. The molecule has 0 aliphatic carbocycles. The summed E-state index contributed by atoms with van der Waals surface area (Å²) < 4.78 is 0.930. The summed E-state index contributed by atoms with van der Waals surface area (Å²) in [6.07, 6.45) is 7.97. The summed E-state index contributed by atoms with van der Waals surface area (Å²) in [6, 6.07) is 3.99. The van der Waals surface area contributed by atoms with E-state index in [1.54, 1.807) is 30.7 Å². The van der Waals surface area contributed by atoms with Crippen LogP contribution in [-0.2, 0) is 0 Å². The highest BCUT2D eigenvalue weighted by Crippen LogP contribution is 2.40. The molecular formula is C21H26BrClN6O. The number of amides is 1. The fourth-order valence-electron chi connectivity index (χ4n) is 3.76. The number of halogens is 2. The second-order valence-electron chi connectivity index (χ2n) is 7.74. The van der Waals surface area contributed by atoms with Gasteiger partial charge in [-0.2, -0.15) is 0 Å². The summed E-state index contributed by atoms with van der Waals surface area (Å²) in [4.78, 5) is 26.7. The van der Waals surface area contributed by atoms with Gasteiger partial charge in [0, 0.05) is 43.9 Å². The average molecular weight is 494 g/mol. The number of hydrogen-bond acceptors (Lipinski definition) is 5. The van der Waals surface area contributed by atoms with Crippen LogP contribution in [0.25, 0.3) is 11.0 Å². The second-order valence-corrected chi connectivity index (χ2v) is 8.59. The van der Waals surface area contributed by atoms with Crippen molar-refractivity contribution in [1.29, 1.82) is 0 Å². The van der Waals surface area contributed by atoms with Crippen molar-refractivity contribution in [3.05, 3.63) is 47.0 Å². The lowest BCUT2D eigenvalue weighted by Crippen LogP contribution is -2.30. The molecule has 1 amide bonds. The Morgan fingerprint density at radius 2 is 2.23 bits per heavy atom. The van der Waals surface area contributed by atoms with E-state index in [0.717, 1.165) is 52.9 Å². The number of carbonyl (C=O) groups is 1. The molecule has 1 aliphatic rings. The summed E-state index contributed by atoms with van der Waals surface area (Å²) in [7, 11) is 0. The Hall–Kier alpha value is -2.16. The molecule has 7 nitrogen and oxygen atoms in total. The van der Waals surface area contributed by atoms with Crippen molar-refractivity contribution in [3.8, 4) is 0 Å². The van der Waals surface area contributed by atoms with Crippen LogP contribution in [-0.4, -0.2) is 46.5 Å². The van der Waals surface area contributed by atoms with Gasteiger partial charge in [-0.1, -0.05) is 13.8 Å². The Kier molecular flexibility index (Phi) is 7.33. The zero-order valence-electron chi connectivity index (χ0n) is 17.0. The number of nitrogens with zero attached hydrogens (tertiary/aromatic N) is 3. The third-order valence-corrected chi connectivity index (χ3v) is 5.80. The van der Waals surface area contributed by atoms with Crippen molar-refractivity contribution in [1.82, 2.24) is 20.3 Å². The van der Waals surface area contributed by atoms with Gasteiger partial charge in [0.2, 0.25) is 0 Å². The highest BCUT2D eigenvalue weighted by atomic mass is 79.9. The monoisotopic (exact) mass is 492 g/mol. The zero-order valence-corrected chi connectivity index (χ0v) is 19.4. The molecule has 3 aromatic rings. The number of carbonyl (C=O) groups excluding carboxylic acids is 1. The van der Waals surface area contributed by atoms with Gasteiger partial charge in [-0.15, -0.1) is 12.4 Å². The van der Waals surface area contributed by atoms with E-state index in [-0.39, 0.29) is 18.3 Å². The third kappa shape index (κ3) is 4.77. The molecule has 3 N–H and O–H groups in total. The summed E-state index contributed by atoms with van der Waals surface area (Å²) in [5.41, 5.74) is 3.08. The fraction of sp³-hybridized carbons (Fsp3) is 0.381. The van der Waals surface area contributed by atoms with Gasteiger partial charge < -0.3 is 20.5 Å². The van der Waals surface area contributed by atoms with E-state index in [4.69, 9.17) is 0 Å². The lowest BCUT2D eigenvalue weighted by atomic mass is 10.1. The van der Waals surface area contributed by atoms with Gasteiger partial charge in [-0.05, 0) is 46.9 Å². The lowest BCUT2D eigenvalue weighted by molar-refractivity contribution is 0.102. The van der Waals surface area contributed by atoms with Gasteiger partial charge in [-0.3, -0.25) is 9.78 Å². The molecule has 3 aromatic heterocycles. The van der Waals surface area contributed by atoms with Crippen molar-refractivity contribution in [2.45, 2.75) is 26.3 Å². The Morgan fingerprint density at radius 1 is 1.40 bits per heavy atom. The van der Waals surface area contributed by atoms with E-state index >= 15 is 0 Å². The van der Waals surface area contributed by atoms with E-state index < -0.39 is 0 Å². The van der Waals surface area contributed by atoms with Gasteiger partial charge in [0.1, 0.15) is 5.65 Å². The first-order valence-electron chi connectivity index (χ1n) is 9.88. The first-order valence-corrected chi connectivity index (χ1v) is 10.7. The van der Waals surface area contributed by atoms with Gasteiger partial charge in [0.25, 0.3) is 5.91 Å². The second kappa shape index (κ2) is 9.76. The molecule has 9 heteroatoms. The highest BCUT2D eigenvalue weighted by molar-refractivity contribution is 9.10. The molecule has 1 aliphatic heterocycles. The van der Waals surface area contributed by atoms with Crippen molar-refractivity contribution < 1.29 is 4.79 Å². The summed E-state index contributed by atoms with van der Waals surface area (Å²) in [5.74, 6) is 0.408. The quantitative estimate of drug-likeness (QED) is 0.479. The molecule has 0 aromatic carbocycles. The van der Waals surface area contributed by atoms with Crippen LogP contribution >= 0.6 is 28.3 Å². The van der Waals surface area contributed by atoms with Crippen molar-refractivity contribution >= 4 is 56.7 Å². The number of fused-ring (bicyclic) bond motifs is 1. The maximum Gasteiger partial charge on any atom is 0.257 e. The van der Waals surface area contributed by atoms with Crippen LogP contribution < -0.4 is 15.5 Å². The molecular weight excluding hydrogens is 468 g/mol. The van der Waals surface area contributed by atoms with Crippen molar-refractivity contribution in [2.24, 2.45) is 5.92 Å². The van der Waals surface area contributed by atoms with Gasteiger partial charge in [0.15, 0.2) is 0 Å². The standard InChI is InChI=1S/C21H25BrN6O.ClH/c1-13(2)24-8-14-5-7-28(12-14)19-16(22)10-25-20-18(19)17(11-26-20)27-21(29)15-4-3-6-23-9-15;/h3-4,6,9-11,13-14,24H,5,7-8,12H2,1-2H3,(H,25,26)(H,27,29);1H. The van der Waals surface area contributed by atoms with E-state index in [0.29, 0.717) is 17.5 Å². The van der Waals surface area contributed by atoms with E-state index in [9.17, 15) is 4.79 Å². The molecule has 1 atom stereocenters. The van der Waals surface area contributed by atoms with Gasteiger partial charge in [-0.25, -0.2) is 4.98 Å². The minimum Gasteiger partial charge on any atom is -0.370 e. The Morgan fingerprint density at radius 3 is 2.97 bits per heavy atom. The zero-order chi connectivity index (χ0) is 20.4. The topological polar surface area (TPSA) is 85.9 Å². The number of aromatic nitrogens is 3. The number of rotatable bonds is 6. The number of nitrogens with one attached hydrogen (secondary N) is 3. The average Bonchev–Trinajstić information content (AvgIpc) is 3.34. The minimum absolute atomic E-state index is 0. The summed E-state index contributed by atoms with van der Waals surface area (Å²) in [6.45, 7) is 7.30. The smallest absolute Gasteiger partial charge is 0.257 e. The van der Waals surface area contributed by atoms with Crippen LogP contribution in [0.5, 0.6) is 0 Å². The first kappa shape index (κ1) is 22.5. The molecule has 0 bridgehead atoms. The Bertz CT molecular complexity index is 1010. The molecule has 4 rings (SSSR count). The fourth-order valence-corrected chi connectivity index (χ4v) is 4.31. The molecule has 0 saturated carbocycles. The van der Waals surface area contributed by atoms with Crippen LogP contribution in [0.15, 0.2) is 41.4 Å². The van der Waals surface area contributed by atoms with Crippen LogP contribution in [0.3, 0.4) is 0 Å². The normalized spacial score (nSPS) is 16.1. The number of hydrogen-bond donors (Lipinski definition) is 3. The molecule has 1 fully saturated rings. The maximum atomic E-state index is 12.7. The molecule has 30 heavy (non-hydrogen) atoms. The minimum atomic E-state index is -0.189. The van der Waals surface area contributed by atoms with Crippen LogP contribution in [0.4, 0.5) is 11.4 Å². The summed E-state index contributed by atoms with van der Waals surface area (Å²) >= 11 is 3.68. The third-order valence-electron chi connectivity index (χ3n) is 5.22. The lowest BCUT2D eigenvalue weighted by Gasteiger charge is -2.22. The predicted molar refractivity (Wildman–Crippen MR) is 127 cm³/mol. The van der Waals surface area contributed by atoms with Crippen LogP contribution in [0.1, 0.15) is 30.6 Å². The van der Waals surface area contributed by atoms with E-state index in [2.05, 4.69) is 60.3 Å². The predicted octanol–water partition coefficient (Wildman–Crippen LogP) is 4.22. The van der Waals surface area contributed by atoms with E-state index in [1.807, 2.05) is 6.20 Å². The number of pyridine rings is 2.